The SMILES string of the molecule is CCCNc1nc(N2CCc3ccccc3C2)ncc1C. The van der Waals surface area contributed by atoms with E-state index in [0.29, 0.717) is 0 Å². The number of hydrogen-bond donors (Lipinski definition) is 1. The Morgan fingerprint density at radius 1 is 1.24 bits per heavy atom. The van der Waals surface area contributed by atoms with Crippen LogP contribution >= 0.6 is 0 Å². The Kier molecular flexibility index (Phi) is 4.04. The summed E-state index contributed by atoms with van der Waals surface area (Å²) in [5.74, 6) is 1.79. The molecule has 0 spiro atoms. The van der Waals surface area contributed by atoms with Crippen LogP contribution in [0.4, 0.5) is 11.8 Å². The maximum atomic E-state index is 4.71. The molecule has 0 saturated heterocycles. The highest BCUT2D eigenvalue weighted by molar-refractivity contribution is 5.48. The van der Waals surface area contributed by atoms with Gasteiger partial charge in [0.2, 0.25) is 5.95 Å². The molecule has 0 unspecified atom stereocenters. The van der Waals surface area contributed by atoms with Crippen LogP contribution in [-0.4, -0.2) is 23.1 Å². The smallest absolute Gasteiger partial charge is 0.227 e. The average molecular weight is 282 g/mol. The molecule has 2 aromatic rings. The van der Waals surface area contributed by atoms with Crippen molar-refractivity contribution in [3.8, 4) is 0 Å². The fraction of sp³-hybridized carbons (Fsp3) is 0.412. The molecule has 1 aliphatic rings. The first-order valence-electron chi connectivity index (χ1n) is 7.67. The predicted molar refractivity (Wildman–Crippen MR) is 86.7 cm³/mol. The van der Waals surface area contributed by atoms with Crippen LogP contribution in [0.5, 0.6) is 0 Å². The van der Waals surface area contributed by atoms with Crippen LogP contribution in [0, 0.1) is 6.92 Å². The molecule has 0 fully saturated rings. The predicted octanol–water partition coefficient (Wildman–Crippen LogP) is 3.17. The second kappa shape index (κ2) is 6.12. The van der Waals surface area contributed by atoms with Crippen molar-refractivity contribution < 1.29 is 0 Å². The van der Waals surface area contributed by atoms with Gasteiger partial charge in [0, 0.05) is 31.4 Å². The lowest BCUT2D eigenvalue weighted by Gasteiger charge is -2.29. The molecule has 21 heavy (non-hydrogen) atoms. The number of nitrogens with one attached hydrogen (secondary N) is 1. The lowest BCUT2D eigenvalue weighted by Crippen LogP contribution is -2.31. The van der Waals surface area contributed by atoms with Gasteiger partial charge in [-0.3, -0.25) is 0 Å². The Hall–Kier alpha value is -2.10. The van der Waals surface area contributed by atoms with E-state index in [0.717, 1.165) is 49.8 Å². The van der Waals surface area contributed by atoms with Crippen molar-refractivity contribution >= 4 is 11.8 Å². The van der Waals surface area contributed by atoms with E-state index in [1.165, 1.54) is 11.1 Å². The van der Waals surface area contributed by atoms with Crippen LogP contribution in [0.2, 0.25) is 0 Å². The van der Waals surface area contributed by atoms with Crippen molar-refractivity contribution in [3.63, 3.8) is 0 Å². The molecule has 1 N–H and O–H groups in total. The standard InChI is InChI=1S/C17H22N4/c1-3-9-18-16-13(2)11-19-17(20-16)21-10-8-14-6-4-5-7-15(14)12-21/h4-7,11H,3,8-10,12H2,1-2H3,(H,18,19,20). The summed E-state index contributed by atoms with van der Waals surface area (Å²) < 4.78 is 0. The molecule has 0 atom stereocenters. The van der Waals surface area contributed by atoms with Crippen molar-refractivity contribution in [2.75, 3.05) is 23.3 Å². The van der Waals surface area contributed by atoms with E-state index in [-0.39, 0.29) is 0 Å². The van der Waals surface area contributed by atoms with Gasteiger partial charge in [0.15, 0.2) is 0 Å². The fourth-order valence-corrected chi connectivity index (χ4v) is 2.67. The maximum Gasteiger partial charge on any atom is 0.227 e. The highest BCUT2D eigenvalue weighted by Crippen LogP contribution is 2.23. The first-order chi connectivity index (χ1) is 10.3. The number of aryl methyl sites for hydroxylation is 1. The van der Waals surface area contributed by atoms with Gasteiger partial charge in [-0.1, -0.05) is 31.2 Å². The number of fused-ring (bicyclic) bond motifs is 1. The first-order valence-corrected chi connectivity index (χ1v) is 7.67. The summed E-state index contributed by atoms with van der Waals surface area (Å²) in [4.78, 5) is 11.5. The fourth-order valence-electron chi connectivity index (χ4n) is 2.67. The lowest BCUT2D eigenvalue weighted by molar-refractivity contribution is 0.707. The molecule has 2 heterocycles. The molecule has 0 bridgehead atoms. The molecule has 0 radical (unpaired) electrons. The minimum absolute atomic E-state index is 0.828. The zero-order valence-electron chi connectivity index (χ0n) is 12.8. The van der Waals surface area contributed by atoms with Crippen molar-refractivity contribution in [1.29, 1.82) is 0 Å². The first kappa shape index (κ1) is 13.9. The molecule has 1 aromatic heterocycles. The molecule has 4 heteroatoms. The summed E-state index contributed by atoms with van der Waals surface area (Å²) in [5.41, 5.74) is 3.94. The third kappa shape index (κ3) is 2.99. The van der Waals surface area contributed by atoms with E-state index in [1.54, 1.807) is 0 Å². The van der Waals surface area contributed by atoms with Crippen molar-refractivity contribution in [2.24, 2.45) is 0 Å². The van der Waals surface area contributed by atoms with Gasteiger partial charge in [-0.15, -0.1) is 0 Å². The Balaban J connectivity index is 1.81. The highest BCUT2D eigenvalue weighted by atomic mass is 15.3. The molecule has 110 valence electrons. The van der Waals surface area contributed by atoms with E-state index in [1.807, 2.05) is 13.1 Å². The second-order valence-corrected chi connectivity index (χ2v) is 5.57. The summed E-state index contributed by atoms with van der Waals surface area (Å²) >= 11 is 0. The van der Waals surface area contributed by atoms with E-state index >= 15 is 0 Å². The van der Waals surface area contributed by atoms with E-state index in [2.05, 4.69) is 46.4 Å². The van der Waals surface area contributed by atoms with Crippen LogP contribution in [0.25, 0.3) is 0 Å². The maximum absolute atomic E-state index is 4.71. The van der Waals surface area contributed by atoms with Crippen LogP contribution < -0.4 is 10.2 Å². The minimum atomic E-state index is 0.828. The van der Waals surface area contributed by atoms with Gasteiger partial charge in [0.1, 0.15) is 5.82 Å². The molecular formula is C17H22N4. The summed E-state index contributed by atoms with van der Waals surface area (Å²) in [6, 6.07) is 8.64. The van der Waals surface area contributed by atoms with Gasteiger partial charge in [-0.2, -0.15) is 4.98 Å². The minimum Gasteiger partial charge on any atom is -0.370 e. The van der Waals surface area contributed by atoms with Gasteiger partial charge in [0.05, 0.1) is 0 Å². The molecule has 0 saturated carbocycles. The number of rotatable bonds is 4. The highest BCUT2D eigenvalue weighted by Gasteiger charge is 2.18. The zero-order valence-corrected chi connectivity index (χ0v) is 12.8. The molecule has 1 aliphatic heterocycles. The Bertz CT molecular complexity index is 624. The summed E-state index contributed by atoms with van der Waals surface area (Å²) in [7, 11) is 0. The van der Waals surface area contributed by atoms with Crippen molar-refractivity contribution in [2.45, 2.75) is 33.2 Å². The number of nitrogens with zero attached hydrogens (tertiary/aromatic N) is 3. The van der Waals surface area contributed by atoms with Crippen LogP contribution in [0.15, 0.2) is 30.5 Å². The van der Waals surface area contributed by atoms with Gasteiger partial charge in [-0.05, 0) is 30.9 Å². The molecule has 1 aromatic carbocycles. The van der Waals surface area contributed by atoms with Gasteiger partial charge >= 0.3 is 0 Å². The Morgan fingerprint density at radius 3 is 2.86 bits per heavy atom. The van der Waals surface area contributed by atoms with Crippen LogP contribution in [0.1, 0.15) is 30.0 Å². The monoisotopic (exact) mass is 282 g/mol. The Morgan fingerprint density at radius 2 is 2.05 bits per heavy atom. The van der Waals surface area contributed by atoms with Crippen molar-refractivity contribution in [3.05, 3.63) is 47.2 Å². The molecular weight excluding hydrogens is 260 g/mol. The van der Waals surface area contributed by atoms with Crippen LogP contribution in [0.3, 0.4) is 0 Å². The van der Waals surface area contributed by atoms with Gasteiger partial charge in [0.25, 0.3) is 0 Å². The lowest BCUT2D eigenvalue weighted by atomic mass is 10.0. The molecule has 4 nitrogen and oxygen atoms in total. The van der Waals surface area contributed by atoms with Gasteiger partial charge < -0.3 is 10.2 Å². The number of aromatic nitrogens is 2. The quantitative estimate of drug-likeness (QED) is 0.935. The zero-order chi connectivity index (χ0) is 14.7. The van der Waals surface area contributed by atoms with E-state index in [9.17, 15) is 0 Å². The average Bonchev–Trinajstić information content (AvgIpc) is 2.53. The normalized spacial score (nSPS) is 13.9. The van der Waals surface area contributed by atoms with Gasteiger partial charge in [-0.25, -0.2) is 4.98 Å². The number of anilines is 2. The summed E-state index contributed by atoms with van der Waals surface area (Å²) in [6.07, 6.45) is 4.07. The number of benzene rings is 1. The third-order valence-electron chi connectivity index (χ3n) is 3.91. The topological polar surface area (TPSA) is 41.1 Å². The second-order valence-electron chi connectivity index (χ2n) is 5.57. The van der Waals surface area contributed by atoms with E-state index in [4.69, 9.17) is 4.98 Å². The van der Waals surface area contributed by atoms with Crippen LogP contribution in [-0.2, 0) is 13.0 Å². The summed E-state index contributed by atoms with van der Waals surface area (Å²) in [5, 5.41) is 3.38. The third-order valence-corrected chi connectivity index (χ3v) is 3.91. The number of hydrogen-bond acceptors (Lipinski definition) is 4. The molecule has 0 amide bonds. The molecule has 0 aliphatic carbocycles. The Labute approximate surface area is 126 Å². The summed E-state index contributed by atoms with van der Waals surface area (Å²) in [6.45, 7) is 7.03. The van der Waals surface area contributed by atoms with E-state index < -0.39 is 0 Å². The molecule has 3 rings (SSSR count). The van der Waals surface area contributed by atoms with Crippen molar-refractivity contribution in [1.82, 2.24) is 9.97 Å². The largest absolute Gasteiger partial charge is 0.370 e.